The van der Waals surface area contributed by atoms with Gasteiger partial charge in [-0.2, -0.15) is 0 Å². The molecule has 2 heterocycles. The van der Waals surface area contributed by atoms with Crippen molar-refractivity contribution in [3.05, 3.63) is 42.1 Å². The summed E-state index contributed by atoms with van der Waals surface area (Å²) in [6.45, 7) is 15.9. The van der Waals surface area contributed by atoms with Crippen LogP contribution in [0.3, 0.4) is 0 Å². The molecule has 3 nitrogen and oxygen atoms in total. The quantitative estimate of drug-likeness (QED) is 0.787. The summed E-state index contributed by atoms with van der Waals surface area (Å²) >= 11 is 0. The number of fused-ring (bicyclic) bond motifs is 1. The van der Waals surface area contributed by atoms with Gasteiger partial charge in [-0.05, 0) is 44.9 Å². The molecule has 0 aliphatic carbocycles. The van der Waals surface area contributed by atoms with E-state index in [0.717, 1.165) is 39.7 Å². The summed E-state index contributed by atoms with van der Waals surface area (Å²) in [7, 11) is 0. The third-order valence-electron chi connectivity index (χ3n) is 2.80. The van der Waals surface area contributed by atoms with Gasteiger partial charge in [0.2, 0.25) is 0 Å². The maximum absolute atomic E-state index is 4.60. The van der Waals surface area contributed by atoms with E-state index in [4.69, 9.17) is 0 Å². The highest BCUT2D eigenvalue weighted by atomic mass is 15.1. The van der Waals surface area contributed by atoms with Crippen molar-refractivity contribution in [1.82, 2.24) is 14.4 Å². The number of hydrogen-bond acceptors (Lipinski definition) is 2. The van der Waals surface area contributed by atoms with Crippen LogP contribution in [0.1, 0.15) is 36.8 Å². The summed E-state index contributed by atoms with van der Waals surface area (Å²) in [4.78, 5) is 9.06. The lowest BCUT2D eigenvalue weighted by atomic mass is 10.1. The molecule has 2 aromatic rings. The van der Waals surface area contributed by atoms with Crippen molar-refractivity contribution < 1.29 is 0 Å². The summed E-state index contributed by atoms with van der Waals surface area (Å²) in [6, 6.07) is 2.02. The fraction of sp³-hybridized carbons (Fsp3) is 0.286. The number of allylic oxidation sites excluding steroid dienone is 2. The number of aryl methyl sites for hydroxylation is 2. The Bertz CT molecular complexity index is 632. The fourth-order valence-corrected chi connectivity index (χ4v) is 1.95. The predicted molar refractivity (Wildman–Crippen MR) is 71.9 cm³/mol. The summed E-state index contributed by atoms with van der Waals surface area (Å²) in [5.74, 6) is 0.941. The molecule has 0 spiro atoms. The molecule has 0 bridgehead atoms. The van der Waals surface area contributed by atoms with E-state index in [0.29, 0.717) is 0 Å². The Balaban J connectivity index is 2.93. The number of imidazole rings is 1. The van der Waals surface area contributed by atoms with Crippen molar-refractivity contribution in [3.8, 4) is 0 Å². The standard InChI is InChI=1S/C14H17N3/c1-8(2)12-7-13(9(3)4)17-11(6)15-10(5)14(17)16-12/h7H,1,3H2,2,4-6H3. The number of rotatable bonds is 2. The summed E-state index contributed by atoms with van der Waals surface area (Å²) in [5.41, 5.74) is 5.73. The molecule has 0 aromatic carbocycles. The molecule has 0 radical (unpaired) electrons. The molecule has 3 heteroatoms. The van der Waals surface area contributed by atoms with Crippen molar-refractivity contribution in [2.45, 2.75) is 27.7 Å². The first-order valence-corrected chi connectivity index (χ1v) is 5.60. The van der Waals surface area contributed by atoms with E-state index < -0.39 is 0 Å². The Morgan fingerprint density at radius 3 is 2.29 bits per heavy atom. The third kappa shape index (κ3) is 1.78. The maximum Gasteiger partial charge on any atom is 0.160 e. The van der Waals surface area contributed by atoms with Crippen molar-refractivity contribution >= 4 is 16.8 Å². The molecule has 0 saturated heterocycles. The second kappa shape index (κ2) is 3.84. The van der Waals surface area contributed by atoms with E-state index >= 15 is 0 Å². The van der Waals surface area contributed by atoms with Gasteiger partial charge in [-0.25, -0.2) is 9.97 Å². The highest BCUT2D eigenvalue weighted by Gasteiger charge is 2.12. The number of aromatic nitrogens is 3. The Morgan fingerprint density at radius 1 is 1.12 bits per heavy atom. The molecule has 17 heavy (non-hydrogen) atoms. The van der Waals surface area contributed by atoms with E-state index in [1.807, 2.05) is 38.2 Å². The van der Waals surface area contributed by atoms with Crippen molar-refractivity contribution in [3.63, 3.8) is 0 Å². The first-order chi connectivity index (χ1) is 7.91. The molecule has 0 N–H and O–H groups in total. The van der Waals surface area contributed by atoms with Gasteiger partial charge < -0.3 is 0 Å². The average molecular weight is 227 g/mol. The molecular formula is C14H17N3. The molecule has 0 fully saturated rings. The predicted octanol–water partition coefficient (Wildman–Crippen LogP) is 3.41. The zero-order valence-corrected chi connectivity index (χ0v) is 10.8. The number of hydrogen-bond donors (Lipinski definition) is 0. The molecular weight excluding hydrogens is 210 g/mol. The molecule has 88 valence electrons. The summed E-state index contributed by atoms with van der Waals surface area (Å²) < 4.78 is 2.05. The maximum atomic E-state index is 4.60. The Kier molecular flexibility index (Phi) is 2.62. The third-order valence-corrected chi connectivity index (χ3v) is 2.80. The minimum absolute atomic E-state index is 0.890. The van der Waals surface area contributed by atoms with Gasteiger partial charge in [0.15, 0.2) is 5.65 Å². The van der Waals surface area contributed by atoms with Crippen LogP contribution >= 0.6 is 0 Å². The van der Waals surface area contributed by atoms with Crippen LogP contribution < -0.4 is 0 Å². The van der Waals surface area contributed by atoms with Gasteiger partial charge in [0.25, 0.3) is 0 Å². The Morgan fingerprint density at radius 2 is 1.76 bits per heavy atom. The lowest BCUT2D eigenvalue weighted by molar-refractivity contribution is 0.997. The van der Waals surface area contributed by atoms with Gasteiger partial charge in [0, 0.05) is 0 Å². The Hall–Kier alpha value is -1.90. The van der Waals surface area contributed by atoms with E-state index in [-0.39, 0.29) is 0 Å². The second-order valence-electron chi connectivity index (χ2n) is 4.49. The lowest BCUT2D eigenvalue weighted by Crippen LogP contribution is -2.01. The van der Waals surface area contributed by atoms with E-state index in [1.165, 1.54) is 0 Å². The van der Waals surface area contributed by atoms with Crippen LogP contribution in [0, 0.1) is 13.8 Å². The van der Waals surface area contributed by atoms with Crippen LogP contribution in [0.5, 0.6) is 0 Å². The normalized spacial score (nSPS) is 10.8. The van der Waals surface area contributed by atoms with Crippen LogP contribution in [0.4, 0.5) is 0 Å². The van der Waals surface area contributed by atoms with E-state index in [1.54, 1.807) is 0 Å². The van der Waals surface area contributed by atoms with Gasteiger partial charge in [-0.1, -0.05) is 13.2 Å². The average Bonchev–Trinajstić information content (AvgIpc) is 2.53. The summed E-state index contributed by atoms with van der Waals surface area (Å²) in [5, 5.41) is 0. The zero-order chi connectivity index (χ0) is 12.7. The smallest absolute Gasteiger partial charge is 0.160 e. The van der Waals surface area contributed by atoms with Crippen molar-refractivity contribution in [2.75, 3.05) is 0 Å². The van der Waals surface area contributed by atoms with Crippen LogP contribution in [0.25, 0.3) is 16.8 Å². The highest BCUT2D eigenvalue weighted by molar-refractivity contribution is 5.69. The van der Waals surface area contributed by atoms with E-state index in [2.05, 4.69) is 23.1 Å². The van der Waals surface area contributed by atoms with Gasteiger partial charge in [0.05, 0.1) is 17.1 Å². The highest BCUT2D eigenvalue weighted by Crippen LogP contribution is 2.22. The van der Waals surface area contributed by atoms with Crippen LogP contribution in [-0.2, 0) is 0 Å². The molecule has 2 aromatic heterocycles. The Labute approximate surface area is 102 Å². The largest absolute Gasteiger partial charge is 0.281 e. The number of nitrogens with zero attached hydrogens (tertiary/aromatic N) is 3. The molecule has 0 amide bonds. The topological polar surface area (TPSA) is 30.2 Å². The van der Waals surface area contributed by atoms with Crippen molar-refractivity contribution in [1.29, 1.82) is 0 Å². The molecule has 0 saturated carbocycles. The second-order valence-corrected chi connectivity index (χ2v) is 4.49. The summed E-state index contributed by atoms with van der Waals surface area (Å²) in [6.07, 6.45) is 0. The van der Waals surface area contributed by atoms with Crippen LogP contribution in [0.2, 0.25) is 0 Å². The van der Waals surface area contributed by atoms with Crippen molar-refractivity contribution in [2.24, 2.45) is 0 Å². The van der Waals surface area contributed by atoms with Gasteiger partial charge in [-0.3, -0.25) is 4.40 Å². The fourth-order valence-electron chi connectivity index (χ4n) is 1.95. The SMILES string of the molecule is C=C(C)c1cc(C(=C)C)n2c(C)nc(C)c2n1. The molecule has 2 rings (SSSR count). The van der Waals surface area contributed by atoms with Gasteiger partial charge >= 0.3 is 0 Å². The zero-order valence-electron chi connectivity index (χ0n) is 10.8. The van der Waals surface area contributed by atoms with Crippen LogP contribution in [0.15, 0.2) is 19.2 Å². The monoisotopic (exact) mass is 227 g/mol. The van der Waals surface area contributed by atoms with Gasteiger partial charge in [0.1, 0.15) is 5.82 Å². The lowest BCUT2D eigenvalue weighted by Gasteiger charge is -2.09. The van der Waals surface area contributed by atoms with Crippen LogP contribution in [-0.4, -0.2) is 14.4 Å². The first kappa shape index (κ1) is 11.6. The molecule has 0 aliphatic heterocycles. The molecule has 0 aliphatic rings. The van der Waals surface area contributed by atoms with E-state index in [9.17, 15) is 0 Å². The van der Waals surface area contributed by atoms with Gasteiger partial charge in [-0.15, -0.1) is 0 Å². The molecule has 0 unspecified atom stereocenters. The molecule has 0 atom stereocenters. The minimum atomic E-state index is 0.890. The minimum Gasteiger partial charge on any atom is -0.281 e. The first-order valence-electron chi connectivity index (χ1n) is 5.60.